The topological polar surface area (TPSA) is 51.2 Å². The van der Waals surface area contributed by atoms with Crippen molar-refractivity contribution < 1.29 is 13.2 Å². The Morgan fingerprint density at radius 1 is 0.950 bits per heavy atom. The fourth-order valence-electron chi connectivity index (χ4n) is 1.61. The third kappa shape index (κ3) is 3.79. The Kier molecular flexibility index (Phi) is 4.37. The first-order valence-corrected chi connectivity index (χ1v) is 8.10. The van der Waals surface area contributed by atoms with E-state index in [1.807, 2.05) is 6.07 Å². The first kappa shape index (κ1) is 14.5. The monoisotopic (exact) mass is 306 g/mol. The Morgan fingerprint density at radius 2 is 1.55 bits per heavy atom. The summed E-state index contributed by atoms with van der Waals surface area (Å²) in [5, 5.41) is 0. The van der Waals surface area contributed by atoms with Crippen LogP contribution in [-0.4, -0.2) is 14.2 Å². The zero-order valence-corrected chi connectivity index (χ0v) is 11.9. The molecule has 0 spiro atoms. The molecule has 102 valence electrons. The van der Waals surface area contributed by atoms with Gasteiger partial charge in [0.1, 0.15) is 0 Å². The van der Waals surface area contributed by atoms with E-state index in [2.05, 4.69) is 0 Å². The van der Waals surface area contributed by atoms with Gasteiger partial charge in [-0.25, -0.2) is 8.42 Å². The van der Waals surface area contributed by atoms with Crippen LogP contribution in [0.4, 0.5) is 0 Å². The number of hydrogen-bond acceptors (Lipinski definition) is 3. The molecule has 0 unspecified atom stereocenters. The number of carbonyl (C=O) groups excluding carboxylic acids is 1. The normalized spacial score (nSPS) is 11.7. The molecule has 0 fully saturated rings. The van der Waals surface area contributed by atoms with Gasteiger partial charge >= 0.3 is 0 Å². The number of benzene rings is 2. The van der Waals surface area contributed by atoms with Gasteiger partial charge in [0.25, 0.3) is 9.05 Å². The van der Waals surface area contributed by atoms with E-state index in [4.69, 9.17) is 10.7 Å². The maximum Gasteiger partial charge on any atom is 0.261 e. The predicted octanol–water partition coefficient (Wildman–Crippen LogP) is 3.51. The average molecular weight is 307 g/mol. The summed E-state index contributed by atoms with van der Waals surface area (Å²) in [5.41, 5.74) is 1.32. The molecule has 0 aliphatic heterocycles. The molecule has 2 rings (SSSR count). The van der Waals surface area contributed by atoms with Gasteiger partial charge in [-0.2, -0.15) is 0 Å². The molecule has 0 amide bonds. The highest BCUT2D eigenvalue weighted by Crippen LogP contribution is 2.16. The van der Waals surface area contributed by atoms with Crippen molar-refractivity contribution in [3.63, 3.8) is 0 Å². The number of carbonyl (C=O) groups is 1. The van der Waals surface area contributed by atoms with Crippen LogP contribution in [0.1, 0.15) is 15.9 Å². The fraction of sp³-hybridized carbons (Fsp3) is 0. The molecule has 0 saturated heterocycles. The molecule has 0 aromatic heterocycles. The molecular formula is C15H11ClO3S. The minimum absolute atomic E-state index is 0.0331. The highest BCUT2D eigenvalue weighted by molar-refractivity contribution is 8.13. The predicted molar refractivity (Wildman–Crippen MR) is 79.3 cm³/mol. The summed E-state index contributed by atoms with van der Waals surface area (Å²) in [6.45, 7) is 0. The highest BCUT2D eigenvalue weighted by Gasteiger charge is 2.08. The van der Waals surface area contributed by atoms with Crippen LogP contribution in [-0.2, 0) is 9.05 Å². The number of ketones is 1. The zero-order chi connectivity index (χ0) is 14.6. The number of allylic oxidation sites excluding steroid dienone is 1. The minimum atomic E-state index is -3.71. The SMILES string of the molecule is O=C(/C=C/c1ccc(S(=O)(=O)Cl)cc1)c1ccccc1. The molecule has 0 bridgehead atoms. The highest BCUT2D eigenvalue weighted by atomic mass is 35.7. The molecule has 0 heterocycles. The third-order valence-corrected chi connectivity index (χ3v) is 4.02. The van der Waals surface area contributed by atoms with Crippen molar-refractivity contribution in [1.29, 1.82) is 0 Å². The van der Waals surface area contributed by atoms with E-state index in [0.717, 1.165) is 5.56 Å². The van der Waals surface area contributed by atoms with Gasteiger partial charge in [-0.15, -0.1) is 0 Å². The van der Waals surface area contributed by atoms with Crippen molar-refractivity contribution in [2.75, 3.05) is 0 Å². The molecule has 0 aliphatic carbocycles. The molecule has 3 nitrogen and oxygen atoms in total. The van der Waals surface area contributed by atoms with Crippen LogP contribution in [0.5, 0.6) is 0 Å². The van der Waals surface area contributed by atoms with Gasteiger partial charge in [0, 0.05) is 16.2 Å². The Bertz CT molecular complexity index is 732. The van der Waals surface area contributed by atoms with E-state index in [-0.39, 0.29) is 10.7 Å². The van der Waals surface area contributed by atoms with E-state index in [9.17, 15) is 13.2 Å². The van der Waals surface area contributed by atoms with Crippen LogP contribution in [0.15, 0.2) is 65.6 Å². The Balaban J connectivity index is 2.15. The molecule has 0 aliphatic rings. The van der Waals surface area contributed by atoms with E-state index in [0.29, 0.717) is 5.56 Å². The molecule has 0 saturated carbocycles. The lowest BCUT2D eigenvalue weighted by atomic mass is 10.1. The maximum atomic E-state index is 11.8. The summed E-state index contributed by atoms with van der Waals surface area (Å²) in [6, 6.07) is 14.9. The summed E-state index contributed by atoms with van der Waals surface area (Å²) in [5.74, 6) is -0.111. The molecule has 2 aromatic carbocycles. The summed E-state index contributed by atoms with van der Waals surface area (Å²) in [4.78, 5) is 11.9. The van der Waals surface area contributed by atoms with Gasteiger partial charge in [0.2, 0.25) is 0 Å². The molecule has 5 heteroatoms. The smallest absolute Gasteiger partial charge is 0.261 e. The van der Waals surface area contributed by atoms with Crippen molar-refractivity contribution in [2.24, 2.45) is 0 Å². The van der Waals surface area contributed by atoms with Gasteiger partial charge in [-0.05, 0) is 23.8 Å². The largest absolute Gasteiger partial charge is 0.289 e. The number of rotatable bonds is 4. The summed E-state index contributed by atoms with van der Waals surface area (Å²) >= 11 is 0. The maximum absolute atomic E-state index is 11.8. The van der Waals surface area contributed by atoms with Crippen LogP contribution < -0.4 is 0 Å². The van der Waals surface area contributed by atoms with Crippen LogP contribution in [0.2, 0.25) is 0 Å². The van der Waals surface area contributed by atoms with E-state index >= 15 is 0 Å². The molecule has 2 aromatic rings. The van der Waals surface area contributed by atoms with Gasteiger partial charge in [0.15, 0.2) is 5.78 Å². The van der Waals surface area contributed by atoms with Crippen LogP contribution in [0, 0.1) is 0 Å². The quantitative estimate of drug-likeness (QED) is 0.493. The van der Waals surface area contributed by atoms with Gasteiger partial charge in [0.05, 0.1) is 4.90 Å². The van der Waals surface area contributed by atoms with E-state index in [1.165, 1.54) is 18.2 Å². The zero-order valence-electron chi connectivity index (χ0n) is 10.4. The van der Waals surface area contributed by atoms with Crippen molar-refractivity contribution in [1.82, 2.24) is 0 Å². The second kappa shape index (κ2) is 6.03. The molecule has 0 radical (unpaired) electrons. The lowest BCUT2D eigenvalue weighted by Crippen LogP contribution is -1.93. The molecule has 0 N–H and O–H groups in total. The summed E-state index contributed by atoms with van der Waals surface area (Å²) in [7, 11) is 1.51. The van der Waals surface area contributed by atoms with Gasteiger partial charge in [-0.1, -0.05) is 48.5 Å². The first-order chi connectivity index (χ1) is 9.47. The average Bonchev–Trinajstić information content (AvgIpc) is 2.45. The summed E-state index contributed by atoms with van der Waals surface area (Å²) in [6.07, 6.45) is 3.07. The second-order valence-corrected chi connectivity index (χ2v) is 6.64. The van der Waals surface area contributed by atoms with Crippen molar-refractivity contribution in [3.8, 4) is 0 Å². The minimum Gasteiger partial charge on any atom is -0.289 e. The standard InChI is InChI=1S/C15H11ClO3S/c16-20(18,19)14-9-6-12(7-10-14)8-11-15(17)13-4-2-1-3-5-13/h1-11H/b11-8+. The Morgan fingerprint density at radius 3 is 2.10 bits per heavy atom. The van der Waals surface area contributed by atoms with Crippen molar-refractivity contribution >= 4 is 31.6 Å². The lowest BCUT2D eigenvalue weighted by Gasteiger charge is -1.97. The number of hydrogen-bond donors (Lipinski definition) is 0. The second-order valence-electron chi connectivity index (χ2n) is 4.07. The van der Waals surface area contributed by atoms with Gasteiger partial charge < -0.3 is 0 Å². The van der Waals surface area contributed by atoms with Crippen LogP contribution in [0.25, 0.3) is 6.08 Å². The third-order valence-electron chi connectivity index (χ3n) is 2.65. The van der Waals surface area contributed by atoms with E-state index in [1.54, 1.807) is 42.5 Å². The first-order valence-electron chi connectivity index (χ1n) is 5.79. The molecule has 0 atom stereocenters. The molecule has 20 heavy (non-hydrogen) atoms. The van der Waals surface area contributed by atoms with Crippen LogP contribution >= 0.6 is 10.7 Å². The molecular weight excluding hydrogens is 296 g/mol. The van der Waals surface area contributed by atoms with Crippen molar-refractivity contribution in [3.05, 3.63) is 71.8 Å². The van der Waals surface area contributed by atoms with Crippen molar-refractivity contribution in [2.45, 2.75) is 4.90 Å². The Labute approximate surface area is 121 Å². The Hall–Kier alpha value is -1.91. The van der Waals surface area contributed by atoms with Crippen LogP contribution in [0.3, 0.4) is 0 Å². The summed E-state index contributed by atoms with van der Waals surface area (Å²) < 4.78 is 22.2. The number of halogens is 1. The van der Waals surface area contributed by atoms with E-state index < -0.39 is 9.05 Å². The lowest BCUT2D eigenvalue weighted by molar-refractivity contribution is 0.104. The van der Waals surface area contributed by atoms with Gasteiger partial charge in [-0.3, -0.25) is 4.79 Å². The fourth-order valence-corrected chi connectivity index (χ4v) is 2.38.